The van der Waals surface area contributed by atoms with Crippen molar-refractivity contribution in [1.82, 2.24) is 5.32 Å². The summed E-state index contributed by atoms with van der Waals surface area (Å²) in [5.74, 6) is 1.38. The molecule has 0 heterocycles. The summed E-state index contributed by atoms with van der Waals surface area (Å²) in [4.78, 5) is 25.8. The number of fused-ring (bicyclic) bond motifs is 5. The first-order chi connectivity index (χ1) is 19.8. The van der Waals surface area contributed by atoms with Crippen molar-refractivity contribution in [2.75, 3.05) is 12.3 Å². The van der Waals surface area contributed by atoms with E-state index in [1.165, 1.54) is 0 Å². The maximum atomic E-state index is 13.4. The van der Waals surface area contributed by atoms with Crippen LogP contribution in [0.3, 0.4) is 0 Å². The van der Waals surface area contributed by atoms with Crippen molar-refractivity contribution in [3.63, 3.8) is 0 Å². The normalized spacial score (nSPS) is 38.5. The van der Waals surface area contributed by atoms with Crippen LogP contribution in [0.4, 0.5) is 0 Å². The number of rotatable bonds is 9. The fraction of sp³-hybridized carbons (Fsp3) is 0.758. The van der Waals surface area contributed by atoms with Gasteiger partial charge in [-0.25, -0.2) is 4.79 Å². The van der Waals surface area contributed by atoms with Crippen molar-refractivity contribution < 1.29 is 32.4 Å². The zero-order valence-electron chi connectivity index (χ0n) is 25.3. The maximum Gasteiger partial charge on any atom is 0.338 e. The molecule has 0 spiro atoms. The molecule has 1 unspecified atom stereocenters. The zero-order chi connectivity index (χ0) is 30.3. The molecule has 4 aliphatic rings. The second-order valence-corrected chi connectivity index (χ2v) is 15.9. The number of hydrogen-bond acceptors (Lipinski definition) is 6. The average molecular weight is 604 g/mol. The first kappa shape index (κ1) is 31.5. The number of carbonyl (C=O) groups is 2. The third-order valence-electron chi connectivity index (χ3n) is 12.2. The van der Waals surface area contributed by atoms with Crippen LogP contribution in [0.2, 0.25) is 0 Å². The smallest absolute Gasteiger partial charge is 0.338 e. The molecule has 1 aromatic carbocycles. The number of hydrogen-bond donors (Lipinski definition) is 3. The van der Waals surface area contributed by atoms with Gasteiger partial charge in [0.25, 0.3) is 10.1 Å². The minimum Gasteiger partial charge on any atom is -0.458 e. The van der Waals surface area contributed by atoms with Crippen molar-refractivity contribution >= 4 is 22.0 Å². The largest absolute Gasteiger partial charge is 0.458 e. The summed E-state index contributed by atoms with van der Waals surface area (Å²) in [6, 6.07) is 9.26. The highest BCUT2D eigenvalue weighted by Crippen LogP contribution is 2.68. The number of carbonyl (C=O) groups excluding carboxylic acids is 2. The van der Waals surface area contributed by atoms with E-state index in [1.807, 2.05) is 30.3 Å². The standard InChI is InChI=1S/C33H49NO7S/c1-21(9-12-29(36)34-17-18-42(38,39)40)25-10-11-26-30-27(14-16-33(25,26)3)32(2)15-13-24(35)19-23(32)20-28(30)41-31(37)22-7-5-4-6-8-22/h4-8,21,23-28,30,35H,9-20H2,1-3H3,(H,34,36)(H,38,39,40)/t21-,23?,24-,25-,26+,27+,28+,30+,32+,33-/m1/s1. The zero-order valence-corrected chi connectivity index (χ0v) is 26.2. The predicted molar refractivity (Wildman–Crippen MR) is 160 cm³/mol. The molecule has 0 aliphatic heterocycles. The molecule has 10 atom stereocenters. The highest BCUT2D eigenvalue weighted by Gasteiger charge is 2.63. The molecule has 0 aromatic heterocycles. The molecule has 3 N–H and O–H groups in total. The lowest BCUT2D eigenvalue weighted by Crippen LogP contribution is -2.59. The van der Waals surface area contributed by atoms with Crippen molar-refractivity contribution in [2.45, 2.75) is 97.2 Å². The molecular weight excluding hydrogens is 554 g/mol. The molecule has 42 heavy (non-hydrogen) atoms. The summed E-state index contributed by atoms with van der Waals surface area (Å²) in [7, 11) is -4.10. The molecule has 5 rings (SSSR count). The summed E-state index contributed by atoms with van der Waals surface area (Å²) in [6.07, 6.45) is 8.48. The molecule has 4 aliphatic carbocycles. The third kappa shape index (κ3) is 6.29. The lowest BCUT2D eigenvalue weighted by atomic mass is 9.43. The summed E-state index contributed by atoms with van der Waals surface area (Å²) in [5, 5.41) is 13.2. The van der Waals surface area contributed by atoms with Gasteiger partial charge in [0.1, 0.15) is 6.10 Å². The van der Waals surface area contributed by atoms with E-state index in [2.05, 4.69) is 26.1 Å². The van der Waals surface area contributed by atoms with Crippen LogP contribution in [0, 0.1) is 46.3 Å². The fourth-order valence-corrected chi connectivity index (χ4v) is 10.4. The van der Waals surface area contributed by atoms with Crippen molar-refractivity contribution in [3.8, 4) is 0 Å². The quantitative estimate of drug-likeness (QED) is 0.259. The van der Waals surface area contributed by atoms with E-state index in [0.29, 0.717) is 41.6 Å². The third-order valence-corrected chi connectivity index (χ3v) is 12.9. The topological polar surface area (TPSA) is 130 Å². The van der Waals surface area contributed by atoms with Crippen LogP contribution in [0.1, 0.15) is 95.3 Å². The van der Waals surface area contributed by atoms with Gasteiger partial charge in [0, 0.05) is 18.9 Å². The number of nitrogens with one attached hydrogen (secondary N) is 1. The van der Waals surface area contributed by atoms with Gasteiger partial charge < -0.3 is 15.2 Å². The molecule has 234 valence electrons. The van der Waals surface area contributed by atoms with E-state index in [0.717, 1.165) is 57.8 Å². The van der Waals surface area contributed by atoms with Gasteiger partial charge in [0.2, 0.25) is 5.91 Å². The van der Waals surface area contributed by atoms with Gasteiger partial charge in [-0.15, -0.1) is 0 Å². The number of esters is 1. The van der Waals surface area contributed by atoms with Gasteiger partial charge in [-0.1, -0.05) is 39.0 Å². The van der Waals surface area contributed by atoms with Crippen LogP contribution in [0.5, 0.6) is 0 Å². The Bertz CT molecular complexity index is 1240. The molecular formula is C33H49NO7S. The number of aliphatic hydroxyl groups excluding tert-OH is 1. The highest BCUT2D eigenvalue weighted by molar-refractivity contribution is 7.85. The van der Waals surface area contributed by atoms with Gasteiger partial charge in [0.15, 0.2) is 0 Å². The van der Waals surface area contributed by atoms with Gasteiger partial charge >= 0.3 is 5.97 Å². The molecule has 4 fully saturated rings. The minimum absolute atomic E-state index is 0.0851. The van der Waals surface area contributed by atoms with Crippen molar-refractivity contribution in [2.24, 2.45) is 46.3 Å². The number of benzene rings is 1. The number of ether oxygens (including phenoxy) is 1. The number of aliphatic hydroxyl groups is 1. The molecule has 8 nitrogen and oxygen atoms in total. The monoisotopic (exact) mass is 603 g/mol. The molecule has 9 heteroatoms. The summed E-state index contributed by atoms with van der Waals surface area (Å²) >= 11 is 0. The molecule has 0 radical (unpaired) electrons. The first-order valence-corrected chi connectivity index (χ1v) is 17.6. The Kier molecular flexibility index (Phi) is 9.13. The van der Waals surface area contributed by atoms with Crippen LogP contribution >= 0.6 is 0 Å². The van der Waals surface area contributed by atoms with Crippen LogP contribution < -0.4 is 5.32 Å². The molecule has 4 saturated carbocycles. The van der Waals surface area contributed by atoms with Crippen LogP contribution in [0.25, 0.3) is 0 Å². The minimum atomic E-state index is -4.10. The van der Waals surface area contributed by atoms with E-state index in [9.17, 15) is 23.1 Å². The summed E-state index contributed by atoms with van der Waals surface area (Å²) in [5.41, 5.74) is 0.819. The van der Waals surface area contributed by atoms with Gasteiger partial charge in [-0.05, 0) is 110 Å². The van der Waals surface area contributed by atoms with E-state index < -0.39 is 15.9 Å². The Labute approximate surface area is 251 Å². The van der Waals surface area contributed by atoms with E-state index in [1.54, 1.807) is 0 Å². The number of amides is 1. The molecule has 1 aromatic rings. The molecule has 0 saturated heterocycles. The van der Waals surface area contributed by atoms with Crippen molar-refractivity contribution in [3.05, 3.63) is 35.9 Å². The lowest BCUT2D eigenvalue weighted by Gasteiger charge is -2.62. The molecule has 1 amide bonds. The predicted octanol–water partition coefficient (Wildman–Crippen LogP) is 5.26. The Balaban J connectivity index is 1.32. The fourth-order valence-electron chi connectivity index (χ4n) is 10.0. The van der Waals surface area contributed by atoms with Gasteiger partial charge in [0.05, 0.1) is 17.4 Å². The Morgan fingerprint density at radius 2 is 1.71 bits per heavy atom. The van der Waals surface area contributed by atoms with E-state index >= 15 is 0 Å². The van der Waals surface area contributed by atoms with E-state index in [4.69, 9.17) is 9.29 Å². The Morgan fingerprint density at radius 3 is 2.43 bits per heavy atom. The summed E-state index contributed by atoms with van der Waals surface area (Å²) in [6.45, 7) is 7.03. The lowest BCUT2D eigenvalue weighted by molar-refractivity contribution is -0.175. The van der Waals surface area contributed by atoms with Gasteiger partial charge in [-0.2, -0.15) is 8.42 Å². The second kappa shape index (κ2) is 12.2. The summed E-state index contributed by atoms with van der Waals surface area (Å²) < 4.78 is 37.3. The van der Waals surface area contributed by atoms with Crippen molar-refractivity contribution in [1.29, 1.82) is 0 Å². The maximum absolute atomic E-state index is 13.4. The van der Waals surface area contributed by atoms with Crippen LogP contribution in [-0.4, -0.2) is 54.5 Å². The van der Waals surface area contributed by atoms with E-state index in [-0.39, 0.29) is 47.4 Å². The Morgan fingerprint density at radius 1 is 1.02 bits per heavy atom. The SMILES string of the molecule is C[C@H](CCC(=O)NCCS(=O)(=O)O)[C@H]1CC[C@H]2[C@@H]3[C@@H](OC(=O)c4ccccc4)CC4C[C@H](O)CC[C@]4(C)[C@H]3CC[C@]12C. The Hall–Kier alpha value is -1.97. The molecule has 0 bridgehead atoms. The van der Waals surface area contributed by atoms with Crippen LogP contribution in [0.15, 0.2) is 30.3 Å². The highest BCUT2D eigenvalue weighted by atomic mass is 32.2. The van der Waals surface area contributed by atoms with Gasteiger partial charge in [-0.3, -0.25) is 9.35 Å². The second-order valence-electron chi connectivity index (χ2n) is 14.3. The average Bonchev–Trinajstić information content (AvgIpc) is 3.29. The first-order valence-electron chi connectivity index (χ1n) is 16.0. The van der Waals surface area contributed by atoms with Crippen LogP contribution in [-0.2, 0) is 19.6 Å².